The first kappa shape index (κ1) is 7.92. The number of rotatable bonds is 2. The van der Waals surface area contributed by atoms with Crippen LogP contribution in [0.25, 0.3) is 0 Å². The lowest BCUT2D eigenvalue weighted by molar-refractivity contribution is 0.115. The molecule has 0 aromatic heterocycles. The number of hydrogen-bond donors (Lipinski definition) is 1. The molecule has 3 heteroatoms. The van der Waals surface area contributed by atoms with Crippen LogP contribution in [-0.4, -0.2) is 12.5 Å². The van der Waals surface area contributed by atoms with Crippen LogP contribution >= 0.6 is 0 Å². The highest BCUT2D eigenvalue weighted by Crippen LogP contribution is 2.28. The van der Waals surface area contributed by atoms with Gasteiger partial charge in [-0.15, -0.1) is 0 Å². The second-order valence-electron chi connectivity index (χ2n) is 3.07. The molecule has 1 fully saturated rings. The van der Waals surface area contributed by atoms with Gasteiger partial charge in [-0.1, -0.05) is 0 Å². The van der Waals surface area contributed by atoms with Crippen molar-refractivity contribution in [2.75, 3.05) is 0 Å². The molecule has 2 N–H and O–H groups in total. The Morgan fingerprint density at radius 3 is 2.50 bits per heavy atom. The summed E-state index contributed by atoms with van der Waals surface area (Å²) < 4.78 is 23.5. The minimum atomic E-state index is -2.14. The lowest BCUT2D eigenvalue weighted by Gasteiger charge is -2.06. The third kappa shape index (κ3) is 2.21. The molecule has 1 rings (SSSR count). The molecule has 0 amide bonds. The van der Waals surface area contributed by atoms with Crippen LogP contribution in [0.4, 0.5) is 8.78 Å². The van der Waals surface area contributed by atoms with Gasteiger partial charge >= 0.3 is 0 Å². The number of nitrogens with two attached hydrogens (primary N) is 1. The Hall–Kier alpha value is -0.180. The molecule has 2 atom stereocenters. The zero-order valence-corrected chi connectivity index (χ0v) is 5.89. The largest absolute Gasteiger partial charge is 0.328 e. The zero-order chi connectivity index (χ0) is 7.56. The highest BCUT2D eigenvalue weighted by Gasteiger charge is 2.24. The quantitative estimate of drug-likeness (QED) is 0.636. The van der Waals surface area contributed by atoms with Crippen molar-refractivity contribution in [1.82, 2.24) is 0 Å². The molecule has 0 aliphatic heterocycles. The van der Waals surface area contributed by atoms with Gasteiger partial charge < -0.3 is 5.73 Å². The van der Waals surface area contributed by atoms with Crippen LogP contribution in [0.3, 0.4) is 0 Å². The fourth-order valence-corrected chi connectivity index (χ4v) is 1.58. The van der Waals surface area contributed by atoms with E-state index in [0.717, 1.165) is 19.3 Å². The molecule has 0 aromatic rings. The van der Waals surface area contributed by atoms with E-state index < -0.39 is 6.43 Å². The smallest absolute Gasteiger partial charge is 0.238 e. The molecule has 0 radical (unpaired) electrons. The third-order valence-corrected chi connectivity index (χ3v) is 2.09. The van der Waals surface area contributed by atoms with Gasteiger partial charge in [0.15, 0.2) is 0 Å². The monoisotopic (exact) mass is 149 g/mol. The predicted octanol–water partition coefficient (Wildman–Crippen LogP) is 1.77. The van der Waals surface area contributed by atoms with Crippen molar-refractivity contribution < 1.29 is 8.78 Å². The van der Waals surface area contributed by atoms with Crippen molar-refractivity contribution in [3.8, 4) is 0 Å². The minimum Gasteiger partial charge on any atom is -0.328 e. The van der Waals surface area contributed by atoms with E-state index in [2.05, 4.69) is 0 Å². The molecular weight excluding hydrogens is 136 g/mol. The zero-order valence-electron chi connectivity index (χ0n) is 5.89. The van der Waals surface area contributed by atoms with E-state index in [-0.39, 0.29) is 18.4 Å². The summed E-state index contributed by atoms with van der Waals surface area (Å²) in [6.45, 7) is 0. The van der Waals surface area contributed by atoms with Crippen molar-refractivity contribution >= 4 is 0 Å². The molecule has 0 saturated heterocycles. The maximum Gasteiger partial charge on any atom is 0.238 e. The van der Waals surface area contributed by atoms with Gasteiger partial charge in [0.25, 0.3) is 0 Å². The van der Waals surface area contributed by atoms with E-state index in [0.29, 0.717) is 0 Å². The molecule has 1 aliphatic rings. The molecule has 60 valence electrons. The van der Waals surface area contributed by atoms with Gasteiger partial charge in [-0.05, 0) is 25.2 Å². The van der Waals surface area contributed by atoms with E-state index in [1.807, 2.05) is 0 Å². The molecule has 1 nitrogen and oxygen atoms in total. The number of hydrogen-bond acceptors (Lipinski definition) is 1. The fraction of sp³-hybridized carbons (Fsp3) is 1.00. The summed E-state index contributed by atoms with van der Waals surface area (Å²) in [5.74, 6) is 0.190. The Labute approximate surface area is 59.6 Å². The average Bonchev–Trinajstić information content (AvgIpc) is 2.13. The van der Waals surface area contributed by atoms with Crippen LogP contribution in [-0.2, 0) is 0 Å². The summed E-state index contributed by atoms with van der Waals surface area (Å²) in [5, 5.41) is 0. The van der Waals surface area contributed by atoms with Crippen molar-refractivity contribution in [1.29, 1.82) is 0 Å². The summed E-state index contributed by atoms with van der Waals surface area (Å²) in [5.41, 5.74) is 5.56. The Kier molecular flexibility index (Phi) is 2.60. The van der Waals surface area contributed by atoms with Crippen LogP contribution in [0.1, 0.15) is 25.7 Å². The average molecular weight is 149 g/mol. The fourth-order valence-electron chi connectivity index (χ4n) is 1.58. The van der Waals surface area contributed by atoms with Crippen molar-refractivity contribution in [3.63, 3.8) is 0 Å². The van der Waals surface area contributed by atoms with Crippen molar-refractivity contribution in [3.05, 3.63) is 0 Å². The van der Waals surface area contributed by atoms with Gasteiger partial charge in [0.05, 0.1) is 0 Å². The molecule has 0 spiro atoms. The third-order valence-electron chi connectivity index (χ3n) is 2.09. The van der Waals surface area contributed by atoms with E-state index in [9.17, 15) is 8.78 Å². The van der Waals surface area contributed by atoms with Gasteiger partial charge in [-0.2, -0.15) is 0 Å². The van der Waals surface area contributed by atoms with Gasteiger partial charge in [-0.3, -0.25) is 0 Å². The SMILES string of the molecule is NC1CCC(CC(F)F)C1. The minimum absolute atomic E-state index is 0.0493. The van der Waals surface area contributed by atoms with E-state index in [1.165, 1.54) is 0 Å². The lowest BCUT2D eigenvalue weighted by Crippen LogP contribution is -2.15. The molecule has 1 saturated carbocycles. The van der Waals surface area contributed by atoms with E-state index in [1.54, 1.807) is 0 Å². The van der Waals surface area contributed by atoms with Crippen LogP contribution in [0, 0.1) is 5.92 Å². The molecule has 0 heterocycles. The maximum absolute atomic E-state index is 11.8. The molecule has 0 bridgehead atoms. The summed E-state index contributed by atoms with van der Waals surface area (Å²) in [4.78, 5) is 0. The van der Waals surface area contributed by atoms with Crippen LogP contribution in [0.5, 0.6) is 0 Å². The molecule has 2 unspecified atom stereocenters. The molecule has 1 aliphatic carbocycles. The van der Waals surface area contributed by atoms with E-state index >= 15 is 0 Å². The van der Waals surface area contributed by atoms with Crippen LogP contribution in [0.2, 0.25) is 0 Å². The second kappa shape index (κ2) is 3.28. The summed E-state index contributed by atoms with van der Waals surface area (Å²) in [6, 6.07) is 0.184. The highest BCUT2D eigenvalue weighted by atomic mass is 19.3. The standard InChI is InChI=1S/C7H13F2N/c8-7(9)4-5-1-2-6(10)3-5/h5-7H,1-4,10H2. The Bertz CT molecular complexity index is 106. The maximum atomic E-state index is 11.8. The van der Waals surface area contributed by atoms with Gasteiger partial charge in [0, 0.05) is 12.5 Å². The lowest BCUT2D eigenvalue weighted by atomic mass is 10.0. The number of alkyl halides is 2. The summed E-state index contributed by atoms with van der Waals surface area (Å²) >= 11 is 0. The first-order chi connectivity index (χ1) is 4.68. The molecule has 0 aromatic carbocycles. The van der Waals surface area contributed by atoms with Crippen molar-refractivity contribution in [2.45, 2.75) is 38.2 Å². The van der Waals surface area contributed by atoms with Crippen LogP contribution in [0.15, 0.2) is 0 Å². The topological polar surface area (TPSA) is 26.0 Å². The van der Waals surface area contributed by atoms with Crippen LogP contribution < -0.4 is 5.73 Å². The Morgan fingerprint density at radius 1 is 1.40 bits per heavy atom. The normalized spacial score (nSPS) is 33.6. The van der Waals surface area contributed by atoms with Gasteiger partial charge in [0.2, 0.25) is 6.43 Å². The molecular formula is C7H13F2N. The Morgan fingerprint density at radius 2 is 2.10 bits per heavy atom. The summed E-state index contributed by atoms with van der Waals surface area (Å²) in [6.07, 6.45) is 0.524. The van der Waals surface area contributed by atoms with E-state index in [4.69, 9.17) is 5.73 Å². The van der Waals surface area contributed by atoms with Gasteiger partial charge in [0.1, 0.15) is 0 Å². The molecule has 10 heavy (non-hydrogen) atoms. The predicted molar refractivity (Wildman–Crippen MR) is 35.9 cm³/mol. The first-order valence-corrected chi connectivity index (χ1v) is 3.72. The first-order valence-electron chi connectivity index (χ1n) is 3.72. The van der Waals surface area contributed by atoms with Crippen molar-refractivity contribution in [2.24, 2.45) is 11.7 Å². The summed E-state index contributed by atoms with van der Waals surface area (Å²) in [7, 11) is 0. The number of halogens is 2. The Balaban J connectivity index is 2.18. The van der Waals surface area contributed by atoms with Gasteiger partial charge in [-0.25, -0.2) is 8.78 Å². The highest BCUT2D eigenvalue weighted by molar-refractivity contribution is 4.77. The second-order valence-corrected chi connectivity index (χ2v) is 3.07.